The Hall–Kier alpha value is -2.35. The van der Waals surface area contributed by atoms with Gasteiger partial charge in [-0.05, 0) is 43.9 Å². The summed E-state index contributed by atoms with van der Waals surface area (Å²) in [4.78, 5) is 12.8. The van der Waals surface area contributed by atoms with Crippen LogP contribution in [0.5, 0.6) is 0 Å². The Bertz CT molecular complexity index is 832. The highest BCUT2D eigenvalue weighted by Crippen LogP contribution is 2.32. The average Bonchev–Trinajstić information content (AvgIpc) is 2.90. The summed E-state index contributed by atoms with van der Waals surface area (Å²) in [5.41, 5.74) is -1.20. The molecular weight excluding hydrogens is 361 g/mol. The molecule has 2 aromatic rings. The third-order valence-electron chi connectivity index (χ3n) is 4.95. The quantitative estimate of drug-likeness (QED) is 0.793. The fourth-order valence-electron chi connectivity index (χ4n) is 3.29. The van der Waals surface area contributed by atoms with Gasteiger partial charge in [0.05, 0.1) is 17.7 Å². The highest BCUT2D eigenvalue weighted by molar-refractivity contribution is 5.94. The summed E-state index contributed by atoms with van der Waals surface area (Å²) in [6.45, 7) is 0.902. The minimum Gasteiger partial charge on any atom is -0.394 e. The molecule has 1 amide bonds. The summed E-state index contributed by atoms with van der Waals surface area (Å²) in [6, 6.07) is 4.57. The molecule has 1 unspecified atom stereocenters. The molecule has 146 valence electrons. The van der Waals surface area contributed by atoms with E-state index < -0.39 is 29.8 Å². The topological polar surface area (TPSA) is 75.4 Å². The standard InChI is InChI=1S/C19H21F3N2O3/c1-18(11-25,12-6-5-7-13(10-12)19(20,21)22)23-17(26)16-14-8-3-2-4-9-15(14)27-24-16/h5-7,10,25H,2-4,8-9,11H2,1H3,(H,23,26). The second-order valence-corrected chi connectivity index (χ2v) is 7.02. The first-order chi connectivity index (χ1) is 12.7. The number of rotatable bonds is 4. The summed E-state index contributed by atoms with van der Waals surface area (Å²) in [5, 5.41) is 16.3. The molecule has 8 heteroatoms. The number of benzene rings is 1. The minimum atomic E-state index is -4.51. The number of carbonyl (C=O) groups is 1. The maximum atomic E-state index is 13.0. The van der Waals surface area contributed by atoms with E-state index in [0.717, 1.165) is 37.0 Å². The van der Waals surface area contributed by atoms with E-state index in [-0.39, 0.29) is 11.3 Å². The summed E-state index contributed by atoms with van der Waals surface area (Å²) >= 11 is 0. The molecule has 1 atom stereocenters. The van der Waals surface area contributed by atoms with Gasteiger partial charge in [-0.1, -0.05) is 23.7 Å². The van der Waals surface area contributed by atoms with Gasteiger partial charge in [0, 0.05) is 12.0 Å². The highest BCUT2D eigenvalue weighted by Gasteiger charge is 2.35. The number of aliphatic hydroxyl groups excluding tert-OH is 1. The molecule has 1 aliphatic carbocycles. The van der Waals surface area contributed by atoms with Crippen LogP contribution in [0.1, 0.15) is 59.1 Å². The number of aliphatic hydroxyl groups is 1. The lowest BCUT2D eigenvalue weighted by Gasteiger charge is -2.29. The zero-order chi connectivity index (χ0) is 19.7. The lowest BCUT2D eigenvalue weighted by atomic mass is 9.91. The van der Waals surface area contributed by atoms with E-state index in [2.05, 4.69) is 10.5 Å². The van der Waals surface area contributed by atoms with Gasteiger partial charge in [-0.15, -0.1) is 0 Å². The van der Waals surface area contributed by atoms with E-state index in [9.17, 15) is 23.1 Å². The lowest BCUT2D eigenvalue weighted by Crippen LogP contribution is -2.46. The van der Waals surface area contributed by atoms with E-state index in [1.165, 1.54) is 19.1 Å². The van der Waals surface area contributed by atoms with Crippen LogP contribution < -0.4 is 5.32 Å². The van der Waals surface area contributed by atoms with Crippen molar-refractivity contribution in [3.63, 3.8) is 0 Å². The van der Waals surface area contributed by atoms with Crippen molar-refractivity contribution < 1.29 is 27.6 Å². The SMILES string of the molecule is CC(CO)(NC(=O)c1noc2c1CCCCC2)c1cccc(C(F)(F)F)c1. The molecule has 2 N–H and O–H groups in total. The van der Waals surface area contributed by atoms with Crippen molar-refractivity contribution in [3.8, 4) is 0 Å². The van der Waals surface area contributed by atoms with Crippen molar-refractivity contribution in [2.75, 3.05) is 6.61 Å². The predicted octanol–water partition coefficient (Wildman–Crippen LogP) is 3.60. The van der Waals surface area contributed by atoms with Crippen LogP contribution in [0, 0.1) is 0 Å². The molecule has 0 aliphatic heterocycles. The Morgan fingerprint density at radius 3 is 2.63 bits per heavy atom. The summed E-state index contributed by atoms with van der Waals surface area (Å²) in [6.07, 6.45) is -0.230. The number of aryl methyl sites for hydroxylation is 1. The normalized spacial score (nSPS) is 16.9. The maximum absolute atomic E-state index is 13.0. The van der Waals surface area contributed by atoms with Crippen LogP contribution in [-0.4, -0.2) is 22.8 Å². The molecule has 0 fully saturated rings. The van der Waals surface area contributed by atoms with Crippen LogP contribution in [0.2, 0.25) is 0 Å². The van der Waals surface area contributed by atoms with Crippen molar-refractivity contribution in [3.05, 3.63) is 52.4 Å². The number of hydrogen-bond acceptors (Lipinski definition) is 4. The van der Waals surface area contributed by atoms with Crippen LogP contribution in [0.15, 0.2) is 28.8 Å². The molecule has 27 heavy (non-hydrogen) atoms. The van der Waals surface area contributed by atoms with E-state index in [1.807, 2.05) is 0 Å². The Morgan fingerprint density at radius 2 is 1.93 bits per heavy atom. The number of carbonyl (C=O) groups excluding carboxylic acids is 1. The maximum Gasteiger partial charge on any atom is 0.416 e. The average molecular weight is 382 g/mol. The van der Waals surface area contributed by atoms with Gasteiger partial charge in [0.25, 0.3) is 5.91 Å². The zero-order valence-corrected chi connectivity index (χ0v) is 14.9. The zero-order valence-electron chi connectivity index (χ0n) is 14.9. The van der Waals surface area contributed by atoms with Crippen molar-refractivity contribution >= 4 is 5.91 Å². The molecule has 0 saturated carbocycles. The molecule has 0 bridgehead atoms. The fraction of sp³-hybridized carbons (Fsp3) is 0.474. The van der Waals surface area contributed by atoms with Crippen LogP contribution in [0.4, 0.5) is 13.2 Å². The van der Waals surface area contributed by atoms with E-state index in [0.29, 0.717) is 18.6 Å². The summed E-state index contributed by atoms with van der Waals surface area (Å²) in [7, 11) is 0. The molecular formula is C19H21F3N2O3. The first-order valence-corrected chi connectivity index (χ1v) is 8.83. The van der Waals surface area contributed by atoms with Gasteiger partial charge < -0.3 is 14.9 Å². The molecule has 0 spiro atoms. The summed E-state index contributed by atoms with van der Waals surface area (Å²) < 4.78 is 44.3. The van der Waals surface area contributed by atoms with Crippen LogP contribution in [0.3, 0.4) is 0 Å². The van der Waals surface area contributed by atoms with Crippen LogP contribution in [0.25, 0.3) is 0 Å². The molecule has 0 saturated heterocycles. The van der Waals surface area contributed by atoms with Crippen molar-refractivity contribution in [2.24, 2.45) is 0 Å². The van der Waals surface area contributed by atoms with Gasteiger partial charge in [0.1, 0.15) is 5.76 Å². The minimum absolute atomic E-state index is 0.138. The number of amides is 1. The molecule has 0 radical (unpaired) electrons. The number of nitrogens with zero attached hydrogens (tertiary/aromatic N) is 1. The van der Waals surface area contributed by atoms with E-state index in [4.69, 9.17) is 4.52 Å². The van der Waals surface area contributed by atoms with Crippen molar-refractivity contribution in [1.29, 1.82) is 0 Å². The van der Waals surface area contributed by atoms with Gasteiger partial charge in [-0.3, -0.25) is 4.79 Å². The van der Waals surface area contributed by atoms with Gasteiger partial charge in [0.2, 0.25) is 0 Å². The molecule has 3 rings (SSSR count). The fourth-order valence-corrected chi connectivity index (χ4v) is 3.29. The Labute approximate surface area is 154 Å². The molecule has 1 heterocycles. The predicted molar refractivity (Wildman–Crippen MR) is 91.1 cm³/mol. The molecule has 5 nitrogen and oxygen atoms in total. The number of aromatic nitrogens is 1. The molecule has 1 aliphatic rings. The van der Waals surface area contributed by atoms with Crippen LogP contribution >= 0.6 is 0 Å². The molecule has 1 aromatic heterocycles. The number of nitrogens with one attached hydrogen (secondary N) is 1. The second kappa shape index (κ2) is 7.34. The van der Waals surface area contributed by atoms with Crippen LogP contribution in [-0.2, 0) is 24.6 Å². The summed E-state index contributed by atoms with van der Waals surface area (Å²) in [5.74, 6) is 0.110. The smallest absolute Gasteiger partial charge is 0.394 e. The Morgan fingerprint density at radius 1 is 1.22 bits per heavy atom. The van der Waals surface area contributed by atoms with Gasteiger partial charge >= 0.3 is 6.18 Å². The van der Waals surface area contributed by atoms with Gasteiger partial charge in [0.15, 0.2) is 5.69 Å². The first-order valence-electron chi connectivity index (χ1n) is 8.83. The lowest BCUT2D eigenvalue weighted by molar-refractivity contribution is -0.137. The Balaban J connectivity index is 1.88. The van der Waals surface area contributed by atoms with Gasteiger partial charge in [-0.25, -0.2) is 0 Å². The number of fused-ring (bicyclic) bond motifs is 1. The third-order valence-corrected chi connectivity index (χ3v) is 4.95. The second-order valence-electron chi connectivity index (χ2n) is 7.02. The molecule has 1 aromatic carbocycles. The number of hydrogen-bond donors (Lipinski definition) is 2. The van der Waals surface area contributed by atoms with E-state index >= 15 is 0 Å². The van der Waals surface area contributed by atoms with Gasteiger partial charge in [-0.2, -0.15) is 13.2 Å². The van der Waals surface area contributed by atoms with E-state index in [1.54, 1.807) is 0 Å². The first kappa shape index (κ1) is 19.4. The largest absolute Gasteiger partial charge is 0.416 e. The number of alkyl halides is 3. The third kappa shape index (κ3) is 4.00. The highest BCUT2D eigenvalue weighted by atomic mass is 19.4. The Kier molecular flexibility index (Phi) is 5.28. The van der Waals surface area contributed by atoms with Crippen molar-refractivity contribution in [1.82, 2.24) is 10.5 Å². The van der Waals surface area contributed by atoms with Crippen molar-refractivity contribution in [2.45, 2.75) is 50.7 Å². The number of halogens is 3. The monoisotopic (exact) mass is 382 g/mol.